The molecule has 2 aromatic heterocycles. The highest BCUT2D eigenvalue weighted by Crippen LogP contribution is 2.12. The van der Waals surface area contributed by atoms with Crippen molar-refractivity contribution in [1.82, 2.24) is 20.1 Å². The Morgan fingerprint density at radius 2 is 1.92 bits per heavy atom. The molecule has 2 heterocycles. The maximum Gasteiger partial charge on any atom is 0.220 e. The van der Waals surface area contributed by atoms with E-state index in [1.807, 2.05) is 66.5 Å². The SMILES string of the molecule is C[C@@H](NC(=O)CCc1cnn(-c2ccccc2)c1)c1ccncc1. The standard InChI is InChI=1S/C19H20N4O/c1-15(17-9-11-20-12-10-17)22-19(24)8-7-16-13-21-23(14-16)18-5-3-2-4-6-18/h2-6,9-15H,7-8H2,1H3,(H,22,24)/t15-/m1/s1. The van der Waals surface area contributed by atoms with Gasteiger partial charge in [-0.3, -0.25) is 9.78 Å². The van der Waals surface area contributed by atoms with E-state index in [4.69, 9.17) is 0 Å². The molecule has 1 N–H and O–H groups in total. The second-order valence-corrected chi connectivity index (χ2v) is 5.70. The number of nitrogens with zero attached hydrogens (tertiary/aromatic N) is 3. The molecule has 1 amide bonds. The van der Waals surface area contributed by atoms with Crippen LogP contribution in [0.3, 0.4) is 0 Å². The molecule has 24 heavy (non-hydrogen) atoms. The van der Waals surface area contributed by atoms with Crippen molar-refractivity contribution in [1.29, 1.82) is 0 Å². The summed E-state index contributed by atoms with van der Waals surface area (Å²) in [5, 5.41) is 7.36. The van der Waals surface area contributed by atoms with Crippen molar-refractivity contribution in [2.24, 2.45) is 0 Å². The Morgan fingerprint density at radius 1 is 1.17 bits per heavy atom. The van der Waals surface area contributed by atoms with Gasteiger partial charge in [-0.2, -0.15) is 5.10 Å². The average Bonchev–Trinajstić information content (AvgIpc) is 3.10. The molecule has 0 saturated heterocycles. The number of nitrogens with one attached hydrogen (secondary N) is 1. The lowest BCUT2D eigenvalue weighted by atomic mass is 10.1. The molecule has 0 unspecified atom stereocenters. The lowest BCUT2D eigenvalue weighted by Gasteiger charge is -2.13. The minimum absolute atomic E-state index is 0.0208. The number of carbonyl (C=O) groups excluding carboxylic acids is 1. The van der Waals surface area contributed by atoms with Gasteiger partial charge in [0.1, 0.15) is 0 Å². The average molecular weight is 320 g/mol. The Balaban J connectivity index is 1.53. The molecule has 0 fully saturated rings. The quantitative estimate of drug-likeness (QED) is 0.759. The summed E-state index contributed by atoms with van der Waals surface area (Å²) in [7, 11) is 0. The van der Waals surface area contributed by atoms with Crippen LogP contribution in [0.15, 0.2) is 67.3 Å². The van der Waals surface area contributed by atoms with E-state index in [9.17, 15) is 4.79 Å². The van der Waals surface area contributed by atoms with Gasteiger partial charge < -0.3 is 5.32 Å². The Hall–Kier alpha value is -2.95. The molecule has 122 valence electrons. The summed E-state index contributed by atoms with van der Waals surface area (Å²) in [5.41, 5.74) is 3.11. The molecule has 0 saturated carbocycles. The highest BCUT2D eigenvalue weighted by molar-refractivity contribution is 5.76. The van der Waals surface area contributed by atoms with Crippen LogP contribution in [0.4, 0.5) is 0 Å². The first-order valence-corrected chi connectivity index (χ1v) is 8.00. The zero-order valence-electron chi connectivity index (χ0n) is 13.6. The number of benzene rings is 1. The van der Waals surface area contributed by atoms with Crippen molar-refractivity contribution < 1.29 is 4.79 Å². The van der Waals surface area contributed by atoms with Gasteiger partial charge in [-0.25, -0.2) is 4.68 Å². The molecule has 1 atom stereocenters. The fourth-order valence-corrected chi connectivity index (χ4v) is 2.52. The minimum Gasteiger partial charge on any atom is -0.350 e. The Bertz CT molecular complexity index is 783. The Morgan fingerprint density at radius 3 is 2.67 bits per heavy atom. The molecular weight excluding hydrogens is 300 g/mol. The van der Waals surface area contributed by atoms with E-state index in [0.717, 1.165) is 16.8 Å². The lowest BCUT2D eigenvalue weighted by Crippen LogP contribution is -2.26. The van der Waals surface area contributed by atoms with Gasteiger partial charge >= 0.3 is 0 Å². The summed E-state index contributed by atoms with van der Waals surface area (Å²) in [6, 6.07) is 13.7. The molecule has 5 heteroatoms. The van der Waals surface area contributed by atoms with Crippen LogP contribution >= 0.6 is 0 Å². The van der Waals surface area contributed by atoms with Gasteiger partial charge in [0.05, 0.1) is 17.9 Å². The molecule has 3 aromatic rings. The monoisotopic (exact) mass is 320 g/mol. The van der Waals surface area contributed by atoms with E-state index in [0.29, 0.717) is 12.8 Å². The van der Waals surface area contributed by atoms with E-state index in [1.54, 1.807) is 12.4 Å². The summed E-state index contributed by atoms with van der Waals surface area (Å²) in [5.74, 6) is 0.0340. The summed E-state index contributed by atoms with van der Waals surface area (Å²) in [4.78, 5) is 16.1. The summed E-state index contributed by atoms with van der Waals surface area (Å²) < 4.78 is 1.83. The third kappa shape index (κ3) is 4.07. The molecule has 0 spiro atoms. The van der Waals surface area contributed by atoms with Gasteiger partial charge in [0.25, 0.3) is 0 Å². The van der Waals surface area contributed by atoms with Crippen LogP contribution in [-0.2, 0) is 11.2 Å². The number of amides is 1. The highest BCUT2D eigenvalue weighted by atomic mass is 16.1. The fourth-order valence-electron chi connectivity index (χ4n) is 2.52. The maximum atomic E-state index is 12.1. The number of aromatic nitrogens is 3. The second kappa shape index (κ2) is 7.55. The number of aryl methyl sites for hydroxylation is 1. The van der Waals surface area contributed by atoms with Crippen LogP contribution < -0.4 is 5.32 Å². The summed E-state index contributed by atoms with van der Waals surface area (Å²) in [6.45, 7) is 1.97. The van der Waals surface area contributed by atoms with Crippen LogP contribution in [0.25, 0.3) is 5.69 Å². The molecule has 0 aliphatic rings. The van der Waals surface area contributed by atoms with Crippen LogP contribution in [0.5, 0.6) is 0 Å². The largest absolute Gasteiger partial charge is 0.350 e. The third-order valence-electron chi connectivity index (χ3n) is 3.88. The zero-order valence-corrected chi connectivity index (χ0v) is 13.6. The number of para-hydroxylation sites is 1. The van der Waals surface area contributed by atoms with Crippen molar-refractivity contribution in [3.05, 3.63) is 78.4 Å². The summed E-state index contributed by atoms with van der Waals surface area (Å²) in [6.07, 6.45) is 8.35. The smallest absolute Gasteiger partial charge is 0.220 e. The van der Waals surface area contributed by atoms with E-state index >= 15 is 0 Å². The van der Waals surface area contributed by atoms with Crippen molar-refractivity contribution in [3.63, 3.8) is 0 Å². The first-order valence-electron chi connectivity index (χ1n) is 8.00. The summed E-state index contributed by atoms with van der Waals surface area (Å²) >= 11 is 0. The highest BCUT2D eigenvalue weighted by Gasteiger charge is 2.10. The van der Waals surface area contributed by atoms with Crippen molar-refractivity contribution in [2.75, 3.05) is 0 Å². The first-order chi connectivity index (χ1) is 11.7. The van der Waals surface area contributed by atoms with Crippen molar-refractivity contribution in [3.8, 4) is 5.69 Å². The van der Waals surface area contributed by atoms with Crippen LogP contribution in [0.2, 0.25) is 0 Å². The number of hydrogen-bond donors (Lipinski definition) is 1. The normalized spacial score (nSPS) is 11.9. The molecular formula is C19H20N4O. The minimum atomic E-state index is -0.0208. The zero-order chi connectivity index (χ0) is 16.8. The number of hydrogen-bond acceptors (Lipinski definition) is 3. The van der Waals surface area contributed by atoms with Crippen LogP contribution in [0.1, 0.15) is 30.5 Å². The molecule has 0 aliphatic heterocycles. The van der Waals surface area contributed by atoms with Crippen molar-refractivity contribution >= 4 is 5.91 Å². The fraction of sp³-hybridized carbons (Fsp3) is 0.211. The van der Waals surface area contributed by atoms with Gasteiger partial charge in [-0.05, 0) is 48.7 Å². The van der Waals surface area contributed by atoms with Gasteiger partial charge in [0, 0.05) is 25.0 Å². The number of rotatable bonds is 6. The Kier molecular flexibility index (Phi) is 5.01. The molecule has 0 bridgehead atoms. The van der Waals surface area contributed by atoms with E-state index < -0.39 is 0 Å². The van der Waals surface area contributed by atoms with Crippen LogP contribution in [0, 0.1) is 0 Å². The Labute approximate surface area is 141 Å². The predicted octanol–water partition coefficient (Wildman–Crippen LogP) is 3.08. The van der Waals surface area contributed by atoms with Gasteiger partial charge in [0.15, 0.2) is 0 Å². The van der Waals surface area contributed by atoms with Gasteiger partial charge in [-0.1, -0.05) is 18.2 Å². The van der Waals surface area contributed by atoms with Crippen molar-refractivity contribution in [2.45, 2.75) is 25.8 Å². The predicted molar refractivity (Wildman–Crippen MR) is 92.7 cm³/mol. The topological polar surface area (TPSA) is 59.8 Å². The van der Waals surface area contributed by atoms with E-state index in [2.05, 4.69) is 15.4 Å². The maximum absolute atomic E-state index is 12.1. The van der Waals surface area contributed by atoms with Gasteiger partial charge in [0.2, 0.25) is 5.91 Å². The molecule has 1 aromatic carbocycles. The van der Waals surface area contributed by atoms with E-state index in [-0.39, 0.29) is 11.9 Å². The number of pyridine rings is 1. The molecule has 3 rings (SSSR count). The molecule has 5 nitrogen and oxygen atoms in total. The molecule has 0 aliphatic carbocycles. The van der Waals surface area contributed by atoms with Gasteiger partial charge in [-0.15, -0.1) is 0 Å². The van der Waals surface area contributed by atoms with Crippen LogP contribution in [-0.4, -0.2) is 20.7 Å². The second-order valence-electron chi connectivity index (χ2n) is 5.70. The first kappa shape index (κ1) is 15.9. The third-order valence-corrected chi connectivity index (χ3v) is 3.88. The molecule has 0 radical (unpaired) electrons. The lowest BCUT2D eigenvalue weighted by molar-refractivity contribution is -0.121. The number of carbonyl (C=O) groups is 1. The van der Waals surface area contributed by atoms with E-state index in [1.165, 1.54) is 0 Å².